The summed E-state index contributed by atoms with van der Waals surface area (Å²) in [4.78, 5) is 46.1. The minimum absolute atomic E-state index is 0.0183. The number of amides is 2. The first-order valence-corrected chi connectivity index (χ1v) is 14.9. The van der Waals surface area contributed by atoms with Crippen molar-refractivity contribution in [1.82, 2.24) is 25.8 Å². The van der Waals surface area contributed by atoms with Crippen LogP contribution in [0.15, 0.2) is 24.3 Å². The molecule has 1 heterocycles. The van der Waals surface area contributed by atoms with Crippen LogP contribution in [0.4, 0.5) is 4.79 Å². The van der Waals surface area contributed by atoms with Gasteiger partial charge in [-0.1, -0.05) is 56.0 Å². The van der Waals surface area contributed by atoms with Crippen molar-refractivity contribution in [2.75, 3.05) is 6.54 Å². The van der Waals surface area contributed by atoms with E-state index >= 15 is 0 Å². The molecule has 2 aliphatic rings. The Balaban J connectivity index is 1.40. The van der Waals surface area contributed by atoms with Crippen molar-refractivity contribution in [2.45, 2.75) is 110 Å². The van der Waals surface area contributed by atoms with Gasteiger partial charge in [0.2, 0.25) is 5.91 Å². The van der Waals surface area contributed by atoms with Gasteiger partial charge in [-0.2, -0.15) is 0 Å². The Labute approximate surface area is 236 Å². The smallest absolute Gasteiger partial charge is 0.407 e. The number of benzene rings is 1. The van der Waals surface area contributed by atoms with E-state index in [2.05, 4.69) is 20.9 Å². The van der Waals surface area contributed by atoms with Crippen LogP contribution < -0.4 is 15.5 Å². The van der Waals surface area contributed by atoms with Crippen molar-refractivity contribution >= 4 is 29.0 Å². The van der Waals surface area contributed by atoms with Crippen LogP contribution in [0.25, 0.3) is 11.0 Å². The molecule has 2 aromatic rings. The normalized spacial score (nSPS) is 21.8. The fourth-order valence-electron chi connectivity index (χ4n) is 6.42. The van der Waals surface area contributed by atoms with Crippen LogP contribution >= 0.6 is 0 Å². The molecule has 1 aromatic heterocycles. The summed E-state index contributed by atoms with van der Waals surface area (Å²) in [7, 11) is 0. The second-order valence-electron chi connectivity index (χ2n) is 12.6. The van der Waals surface area contributed by atoms with Gasteiger partial charge < -0.3 is 20.2 Å². The number of hydrogen-bond donors (Lipinski definition) is 2. The SMILES string of the molecule is CC[C@H](C(=O)On1nnc2ccccc21)[C@@H]1CCCC[C@@H]1NC(=O)CC1(CNC(=O)OC(C)(C)C)CCCCC1. The molecule has 0 aliphatic heterocycles. The zero-order valence-corrected chi connectivity index (χ0v) is 24.4. The molecule has 0 bridgehead atoms. The van der Waals surface area contributed by atoms with E-state index in [1.54, 1.807) is 0 Å². The summed E-state index contributed by atoms with van der Waals surface area (Å²) in [5.41, 5.74) is 0.427. The van der Waals surface area contributed by atoms with Crippen LogP contribution in [0.1, 0.15) is 98.3 Å². The third-order valence-electron chi connectivity index (χ3n) is 8.38. The third-order valence-corrected chi connectivity index (χ3v) is 8.38. The van der Waals surface area contributed by atoms with Crippen molar-refractivity contribution < 1.29 is 24.0 Å². The summed E-state index contributed by atoms with van der Waals surface area (Å²) >= 11 is 0. The number of carbonyl (C=O) groups excluding carboxylic acids is 3. The van der Waals surface area contributed by atoms with Gasteiger partial charge in [-0.3, -0.25) is 4.79 Å². The molecule has 0 spiro atoms. The van der Waals surface area contributed by atoms with E-state index in [4.69, 9.17) is 9.57 Å². The second kappa shape index (κ2) is 13.0. The van der Waals surface area contributed by atoms with E-state index in [9.17, 15) is 14.4 Å². The summed E-state index contributed by atoms with van der Waals surface area (Å²) in [5.74, 6) is -0.761. The summed E-state index contributed by atoms with van der Waals surface area (Å²) in [6.07, 6.45) is 9.19. The van der Waals surface area contributed by atoms with E-state index < -0.39 is 11.7 Å². The Kier molecular flexibility index (Phi) is 9.68. The topological polar surface area (TPSA) is 124 Å². The molecule has 2 aliphatic carbocycles. The minimum atomic E-state index is -0.574. The van der Waals surface area contributed by atoms with Crippen LogP contribution in [-0.2, 0) is 14.3 Å². The zero-order chi connectivity index (χ0) is 28.8. The highest BCUT2D eigenvalue weighted by molar-refractivity contribution is 5.78. The monoisotopic (exact) mass is 555 g/mol. The molecule has 10 heteroatoms. The van der Waals surface area contributed by atoms with E-state index in [-0.39, 0.29) is 35.2 Å². The molecule has 4 rings (SSSR count). The number of nitrogens with zero attached hydrogens (tertiary/aromatic N) is 3. The molecule has 2 N–H and O–H groups in total. The van der Waals surface area contributed by atoms with Gasteiger partial charge in [-0.05, 0) is 81.6 Å². The number of hydrogen-bond acceptors (Lipinski definition) is 7. The number of alkyl carbamates (subject to hydrolysis) is 1. The van der Waals surface area contributed by atoms with Gasteiger partial charge in [0.15, 0.2) is 0 Å². The lowest BCUT2D eigenvalue weighted by Gasteiger charge is -2.39. The van der Waals surface area contributed by atoms with Crippen molar-refractivity contribution in [2.24, 2.45) is 17.3 Å². The Bertz CT molecular complexity index is 1170. The fourth-order valence-corrected chi connectivity index (χ4v) is 6.42. The van der Waals surface area contributed by atoms with Crippen LogP contribution in [0, 0.1) is 17.3 Å². The summed E-state index contributed by atoms with van der Waals surface area (Å²) in [6.45, 7) is 7.91. The van der Waals surface area contributed by atoms with Gasteiger partial charge in [-0.25, -0.2) is 9.59 Å². The van der Waals surface area contributed by atoms with Crippen LogP contribution in [0.2, 0.25) is 0 Å². The summed E-state index contributed by atoms with van der Waals surface area (Å²) in [5, 5.41) is 14.3. The Morgan fingerprint density at radius 2 is 1.80 bits per heavy atom. The summed E-state index contributed by atoms with van der Waals surface area (Å²) in [6, 6.07) is 7.23. The van der Waals surface area contributed by atoms with Gasteiger partial charge in [0.05, 0.1) is 5.92 Å². The van der Waals surface area contributed by atoms with E-state index in [1.807, 2.05) is 52.0 Å². The minimum Gasteiger partial charge on any atom is -0.444 e. The molecule has 220 valence electrons. The largest absolute Gasteiger partial charge is 0.444 e. The Morgan fingerprint density at radius 1 is 1.07 bits per heavy atom. The third kappa shape index (κ3) is 7.73. The van der Waals surface area contributed by atoms with E-state index in [0.29, 0.717) is 30.4 Å². The Hall–Kier alpha value is -3.17. The maximum atomic E-state index is 13.5. The maximum Gasteiger partial charge on any atom is 0.407 e. The van der Waals surface area contributed by atoms with Gasteiger partial charge in [0.25, 0.3) is 0 Å². The van der Waals surface area contributed by atoms with Gasteiger partial charge in [0.1, 0.15) is 16.6 Å². The van der Waals surface area contributed by atoms with Crippen molar-refractivity contribution in [3.05, 3.63) is 24.3 Å². The van der Waals surface area contributed by atoms with Crippen molar-refractivity contribution in [3.63, 3.8) is 0 Å². The second-order valence-corrected chi connectivity index (χ2v) is 12.6. The maximum absolute atomic E-state index is 13.5. The average Bonchev–Trinajstić information content (AvgIpc) is 3.31. The molecule has 2 amide bonds. The number of ether oxygens (including phenoxy) is 1. The van der Waals surface area contributed by atoms with Gasteiger partial charge in [-0.15, -0.1) is 5.10 Å². The lowest BCUT2D eigenvalue weighted by Crippen LogP contribution is -2.49. The van der Waals surface area contributed by atoms with Gasteiger partial charge >= 0.3 is 12.1 Å². The molecule has 2 saturated carbocycles. The lowest BCUT2D eigenvalue weighted by molar-refractivity contribution is -0.154. The van der Waals surface area contributed by atoms with Gasteiger partial charge in [0, 0.05) is 19.0 Å². The molecular weight excluding hydrogens is 510 g/mol. The highest BCUT2D eigenvalue weighted by atomic mass is 16.7. The fraction of sp³-hybridized carbons (Fsp3) is 0.700. The Morgan fingerprint density at radius 3 is 2.52 bits per heavy atom. The van der Waals surface area contributed by atoms with Crippen LogP contribution in [0.3, 0.4) is 0 Å². The predicted molar refractivity (Wildman–Crippen MR) is 151 cm³/mol. The molecular formula is C30H45N5O5. The molecule has 10 nitrogen and oxygen atoms in total. The van der Waals surface area contributed by atoms with Crippen molar-refractivity contribution in [1.29, 1.82) is 0 Å². The number of carbonyl (C=O) groups is 3. The van der Waals surface area contributed by atoms with E-state index in [1.165, 1.54) is 4.85 Å². The number of nitrogens with one attached hydrogen (secondary N) is 2. The number of aromatic nitrogens is 3. The first kappa shape index (κ1) is 29.8. The van der Waals surface area contributed by atoms with Crippen LogP contribution in [-0.4, -0.2) is 51.3 Å². The van der Waals surface area contributed by atoms with Crippen LogP contribution in [0.5, 0.6) is 0 Å². The molecule has 2 fully saturated rings. The average molecular weight is 556 g/mol. The molecule has 40 heavy (non-hydrogen) atoms. The number of rotatable bonds is 9. The highest BCUT2D eigenvalue weighted by Crippen LogP contribution is 2.39. The highest BCUT2D eigenvalue weighted by Gasteiger charge is 2.40. The first-order valence-electron chi connectivity index (χ1n) is 14.9. The standard InChI is InChI=1S/C30H45N5O5/c1-5-21(27(37)40-35-25-16-10-9-15-24(25)33-34-35)22-13-7-8-14-23(22)32-26(36)19-30(17-11-6-12-18-30)20-31-28(38)39-29(2,3)4/h9-10,15-16,21-23H,5-8,11-14,17-20H2,1-4H3,(H,31,38)(H,32,36)/t21-,22-,23-/m0/s1. The first-order chi connectivity index (χ1) is 19.1. The molecule has 0 saturated heterocycles. The zero-order valence-electron chi connectivity index (χ0n) is 24.4. The quantitative estimate of drug-likeness (QED) is 0.419. The summed E-state index contributed by atoms with van der Waals surface area (Å²) < 4.78 is 5.43. The number of para-hydroxylation sites is 1. The predicted octanol–water partition coefficient (Wildman–Crippen LogP) is 4.95. The lowest BCUT2D eigenvalue weighted by atomic mass is 9.71. The number of fused-ring (bicyclic) bond motifs is 1. The molecule has 3 atom stereocenters. The molecule has 1 aromatic carbocycles. The van der Waals surface area contributed by atoms with E-state index in [0.717, 1.165) is 57.8 Å². The molecule has 0 unspecified atom stereocenters. The molecule has 0 radical (unpaired) electrons. The van der Waals surface area contributed by atoms with Crippen molar-refractivity contribution in [3.8, 4) is 0 Å².